The normalized spacial score (nSPS) is 19.5. The van der Waals surface area contributed by atoms with Gasteiger partial charge >= 0.3 is 0 Å². The van der Waals surface area contributed by atoms with E-state index in [1.807, 2.05) is 0 Å². The van der Waals surface area contributed by atoms with Gasteiger partial charge in [-0.05, 0) is 64.1 Å². The Labute approximate surface area is 130 Å². The summed E-state index contributed by atoms with van der Waals surface area (Å²) < 4.78 is 0. The van der Waals surface area contributed by atoms with Crippen molar-refractivity contribution in [1.82, 2.24) is 10.2 Å². The van der Waals surface area contributed by atoms with Gasteiger partial charge < -0.3 is 16.0 Å². The lowest BCUT2D eigenvalue weighted by Gasteiger charge is -2.29. The van der Waals surface area contributed by atoms with E-state index in [9.17, 15) is 4.79 Å². The highest BCUT2D eigenvalue weighted by molar-refractivity contribution is 5.76. The number of nitrogens with two attached hydrogens (primary N) is 1. The molecule has 0 aliphatic carbocycles. The first-order chi connectivity index (χ1) is 10.0. The van der Waals surface area contributed by atoms with Gasteiger partial charge in [0.25, 0.3) is 0 Å². The Morgan fingerprint density at radius 1 is 1.14 bits per heavy atom. The van der Waals surface area contributed by atoms with Crippen molar-refractivity contribution in [3.63, 3.8) is 0 Å². The van der Waals surface area contributed by atoms with Crippen molar-refractivity contribution < 1.29 is 4.79 Å². The lowest BCUT2D eigenvalue weighted by Crippen LogP contribution is -2.43. The molecule has 124 valence electrons. The Kier molecular flexibility index (Phi) is 8.93. The maximum Gasteiger partial charge on any atom is 0.220 e. The summed E-state index contributed by atoms with van der Waals surface area (Å²) >= 11 is 0. The maximum absolute atomic E-state index is 12.1. The molecule has 21 heavy (non-hydrogen) atoms. The van der Waals surface area contributed by atoms with Gasteiger partial charge in [-0.1, -0.05) is 20.3 Å². The topological polar surface area (TPSA) is 58.4 Å². The molecule has 1 aliphatic heterocycles. The average molecular weight is 297 g/mol. The molecule has 1 heterocycles. The number of carbonyl (C=O) groups excluding carboxylic acids is 1. The summed E-state index contributed by atoms with van der Waals surface area (Å²) in [4.78, 5) is 14.5. The number of rotatable bonds is 9. The number of hydrogen-bond acceptors (Lipinski definition) is 3. The minimum absolute atomic E-state index is 0.196. The molecule has 4 nitrogen and oxygen atoms in total. The van der Waals surface area contributed by atoms with Crippen molar-refractivity contribution in [2.75, 3.05) is 26.2 Å². The van der Waals surface area contributed by atoms with Crippen LogP contribution in [0.2, 0.25) is 0 Å². The molecule has 1 saturated heterocycles. The third kappa shape index (κ3) is 7.82. The van der Waals surface area contributed by atoms with Gasteiger partial charge in [-0.15, -0.1) is 0 Å². The molecule has 0 radical (unpaired) electrons. The molecular formula is C17H35N3O. The molecular weight excluding hydrogens is 262 g/mol. The minimum atomic E-state index is 0.196. The fourth-order valence-electron chi connectivity index (χ4n) is 3.26. The number of likely N-dealkylation sites (tertiary alicyclic amines) is 1. The molecule has 1 rings (SSSR count). The van der Waals surface area contributed by atoms with Crippen LogP contribution >= 0.6 is 0 Å². The summed E-state index contributed by atoms with van der Waals surface area (Å²) in [7, 11) is 0. The second-order valence-corrected chi connectivity index (χ2v) is 6.95. The van der Waals surface area contributed by atoms with Crippen LogP contribution in [0.1, 0.15) is 59.3 Å². The van der Waals surface area contributed by atoms with Crippen molar-refractivity contribution in [1.29, 1.82) is 0 Å². The van der Waals surface area contributed by atoms with Crippen LogP contribution in [-0.2, 0) is 4.79 Å². The first-order valence-corrected chi connectivity index (χ1v) is 8.74. The Hall–Kier alpha value is -0.610. The van der Waals surface area contributed by atoms with Gasteiger partial charge in [-0.2, -0.15) is 0 Å². The quantitative estimate of drug-likeness (QED) is 0.687. The zero-order chi connectivity index (χ0) is 15.7. The third-order valence-corrected chi connectivity index (χ3v) is 4.61. The molecule has 0 aromatic carbocycles. The monoisotopic (exact) mass is 297 g/mol. The predicted molar refractivity (Wildman–Crippen MR) is 89.1 cm³/mol. The van der Waals surface area contributed by atoms with E-state index in [0.29, 0.717) is 18.3 Å². The maximum atomic E-state index is 12.1. The number of piperidine rings is 1. The standard InChI is InChI=1S/C17H35N3O/c1-14(2)16(9-10-18)7-8-17(21)19-15(3)13-20-11-5-4-6-12-20/h14-16H,4-13,18H2,1-3H3,(H,19,21). The first kappa shape index (κ1) is 18.4. The van der Waals surface area contributed by atoms with Gasteiger partial charge in [0.1, 0.15) is 0 Å². The van der Waals surface area contributed by atoms with Crippen molar-refractivity contribution in [2.24, 2.45) is 17.6 Å². The predicted octanol–water partition coefficient (Wildman–Crippen LogP) is 2.38. The summed E-state index contributed by atoms with van der Waals surface area (Å²) in [5, 5.41) is 3.15. The van der Waals surface area contributed by atoms with Crippen LogP contribution in [0, 0.1) is 11.8 Å². The molecule has 1 fully saturated rings. The second kappa shape index (κ2) is 10.2. The number of hydrogen-bond donors (Lipinski definition) is 2. The third-order valence-electron chi connectivity index (χ3n) is 4.61. The summed E-state index contributed by atoms with van der Waals surface area (Å²) in [5.74, 6) is 1.37. The van der Waals surface area contributed by atoms with E-state index in [4.69, 9.17) is 5.73 Å². The van der Waals surface area contributed by atoms with E-state index in [-0.39, 0.29) is 11.9 Å². The fourth-order valence-corrected chi connectivity index (χ4v) is 3.26. The highest BCUT2D eigenvalue weighted by atomic mass is 16.1. The number of nitrogens with one attached hydrogen (secondary N) is 1. The van der Waals surface area contributed by atoms with Crippen LogP contribution in [-0.4, -0.2) is 43.0 Å². The van der Waals surface area contributed by atoms with Crippen LogP contribution in [0.3, 0.4) is 0 Å². The summed E-state index contributed by atoms with van der Waals surface area (Å²) in [6.45, 7) is 10.6. The van der Waals surface area contributed by atoms with Gasteiger partial charge in [0.2, 0.25) is 5.91 Å². The Morgan fingerprint density at radius 3 is 2.38 bits per heavy atom. The van der Waals surface area contributed by atoms with Crippen LogP contribution in [0.25, 0.3) is 0 Å². The van der Waals surface area contributed by atoms with Gasteiger partial charge in [-0.3, -0.25) is 4.79 Å². The second-order valence-electron chi connectivity index (χ2n) is 6.95. The average Bonchev–Trinajstić information content (AvgIpc) is 2.44. The van der Waals surface area contributed by atoms with Crippen LogP contribution < -0.4 is 11.1 Å². The molecule has 3 N–H and O–H groups in total. The molecule has 1 aliphatic rings. The van der Waals surface area contributed by atoms with Gasteiger partial charge in [0.15, 0.2) is 0 Å². The number of amides is 1. The van der Waals surface area contributed by atoms with E-state index in [1.165, 1.54) is 32.4 Å². The molecule has 0 aromatic heterocycles. The lowest BCUT2D eigenvalue weighted by atomic mass is 9.88. The summed E-state index contributed by atoms with van der Waals surface area (Å²) in [6.07, 6.45) is 6.57. The molecule has 0 aromatic rings. The summed E-state index contributed by atoms with van der Waals surface area (Å²) in [5.41, 5.74) is 5.65. The SMILES string of the molecule is CC(CN1CCCCC1)NC(=O)CCC(CCN)C(C)C. The number of carbonyl (C=O) groups is 1. The van der Waals surface area contributed by atoms with E-state index in [0.717, 1.165) is 25.9 Å². The van der Waals surface area contributed by atoms with Crippen molar-refractivity contribution in [3.8, 4) is 0 Å². The molecule has 0 spiro atoms. The van der Waals surface area contributed by atoms with Crippen LogP contribution in [0.15, 0.2) is 0 Å². The zero-order valence-electron chi connectivity index (χ0n) is 14.2. The number of nitrogens with zero attached hydrogens (tertiary/aromatic N) is 1. The first-order valence-electron chi connectivity index (χ1n) is 8.74. The van der Waals surface area contributed by atoms with E-state index in [2.05, 4.69) is 31.0 Å². The van der Waals surface area contributed by atoms with Crippen LogP contribution in [0.4, 0.5) is 0 Å². The minimum Gasteiger partial charge on any atom is -0.352 e. The molecule has 0 bridgehead atoms. The van der Waals surface area contributed by atoms with Gasteiger partial charge in [0.05, 0.1) is 0 Å². The van der Waals surface area contributed by atoms with Crippen molar-refractivity contribution in [2.45, 2.75) is 65.3 Å². The molecule has 0 saturated carbocycles. The van der Waals surface area contributed by atoms with Gasteiger partial charge in [0, 0.05) is 19.0 Å². The van der Waals surface area contributed by atoms with Crippen LogP contribution in [0.5, 0.6) is 0 Å². The highest BCUT2D eigenvalue weighted by Crippen LogP contribution is 2.20. The van der Waals surface area contributed by atoms with Gasteiger partial charge in [-0.25, -0.2) is 0 Å². The fraction of sp³-hybridized carbons (Fsp3) is 0.941. The van der Waals surface area contributed by atoms with E-state index >= 15 is 0 Å². The highest BCUT2D eigenvalue weighted by Gasteiger charge is 2.17. The molecule has 1 amide bonds. The molecule has 2 unspecified atom stereocenters. The smallest absolute Gasteiger partial charge is 0.220 e. The Bertz CT molecular complexity index is 288. The summed E-state index contributed by atoms with van der Waals surface area (Å²) in [6, 6.07) is 0.252. The zero-order valence-corrected chi connectivity index (χ0v) is 14.2. The Morgan fingerprint density at radius 2 is 1.81 bits per heavy atom. The largest absolute Gasteiger partial charge is 0.352 e. The van der Waals surface area contributed by atoms with E-state index in [1.54, 1.807) is 0 Å². The molecule has 4 heteroatoms. The molecule has 2 atom stereocenters. The Balaban J connectivity index is 2.22. The van der Waals surface area contributed by atoms with E-state index < -0.39 is 0 Å². The van der Waals surface area contributed by atoms with Crippen molar-refractivity contribution >= 4 is 5.91 Å². The lowest BCUT2D eigenvalue weighted by molar-refractivity contribution is -0.122. The van der Waals surface area contributed by atoms with Crippen molar-refractivity contribution in [3.05, 3.63) is 0 Å².